The number of hydrogen-bond donors (Lipinski definition) is 1. The molecule has 6 heteroatoms. The lowest BCUT2D eigenvalue weighted by atomic mass is 10.00. The first-order valence-electron chi connectivity index (χ1n) is 10.6. The summed E-state index contributed by atoms with van der Waals surface area (Å²) in [6, 6.07) is 12.2. The molecule has 0 spiro atoms. The Kier molecular flexibility index (Phi) is 6.19. The number of benzene rings is 1. The summed E-state index contributed by atoms with van der Waals surface area (Å²) in [7, 11) is 0. The van der Waals surface area contributed by atoms with Gasteiger partial charge in [0.15, 0.2) is 0 Å². The van der Waals surface area contributed by atoms with Gasteiger partial charge in [-0.1, -0.05) is 18.2 Å². The van der Waals surface area contributed by atoms with Gasteiger partial charge in [0.05, 0.1) is 10.4 Å². The maximum Gasteiger partial charge on any atom is 0.261 e. The molecule has 0 aliphatic carbocycles. The van der Waals surface area contributed by atoms with Crippen LogP contribution in [0, 0.1) is 0 Å². The first-order valence-corrected chi connectivity index (χ1v) is 11.5. The van der Waals surface area contributed by atoms with Crippen LogP contribution in [0.4, 0.5) is 5.69 Å². The van der Waals surface area contributed by atoms with Crippen LogP contribution in [-0.4, -0.2) is 48.4 Å². The van der Waals surface area contributed by atoms with Gasteiger partial charge in [0, 0.05) is 37.4 Å². The van der Waals surface area contributed by atoms with Crippen LogP contribution >= 0.6 is 11.3 Å². The molecule has 2 aromatic rings. The predicted octanol–water partition coefficient (Wildman–Crippen LogP) is 4.16. The average molecular weight is 412 g/mol. The molecule has 0 unspecified atom stereocenters. The van der Waals surface area contributed by atoms with Crippen LogP contribution in [0.15, 0.2) is 41.8 Å². The number of nitrogens with one attached hydrogen (secondary N) is 1. The number of hydrogen-bond acceptors (Lipinski definition) is 4. The maximum absolute atomic E-state index is 13.3. The quantitative estimate of drug-likeness (QED) is 0.822. The average Bonchev–Trinajstić information content (AvgIpc) is 3.29. The molecule has 5 nitrogen and oxygen atoms in total. The first kappa shape index (κ1) is 20.0. The van der Waals surface area contributed by atoms with Crippen LogP contribution in [0.25, 0.3) is 0 Å². The minimum absolute atomic E-state index is 0.0214. The molecule has 29 heavy (non-hydrogen) atoms. The van der Waals surface area contributed by atoms with Crippen molar-refractivity contribution in [2.75, 3.05) is 24.5 Å². The number of likely N-dealkylation sites (tertiary alicyclic amines) is 1. The van der Waals surface area contributed by atoms with Gasteiger partial charge in [0.25, 0.3) is 11.8 Å². The van der Waals surface area contributed by atoms with E-state index >= 15 is 0 Å². The van der Waals surface area contributed by atoms with Gasteiger partial charge in [-0.2, -0.15) is 0 Å². The SMILES string of the molecule is C[C@H]1CCCCN1C(=O)c1ccccc1N1CCC(NC(=O)c2cccs2)CC1. The van der Waals surface area contributed by atoms with E-state index in [-0.39, 0.29) is 17.9 Å². The Morgan fingerprint density at radius 1 is 1.00 bits per heavy atom. The van der Waals surface area contributed by atoms with Crippen molar-refractivity contribution in [3.63, 3.8) is 0 Å². The molecule has 2 saturated heterocycles. The van der Waals surface area contributed by atoms with E-state index in [1.807, 2.05) is 40.6 Å². The summed E-state index contributed by atoms with van der Waals surface area (Å²) in [5.74, 6) is 0.175. The third-order valence-electron chi connectivity index (χ3n) is 6.11. The normalized spacial score (nSPS) is 20.5. The predicted molar refractivity (Wildman–Crippen MR) is 118 cm³/mol. The molecular formula is C23H29N3O2S. The van der Waals surface area contributed by atoms with E-state index in [2.05, 4.69) is 23.2 Å². The summed E-state index contributed by atoms with van der Waals surface area (Å²) in [6.45, 7) is 4.69. The summed E-state index contributed by atoms with van der Waals surface area (Å²) in [5.41, 5.74) is 1.83. The molecule has 1 aromatic carbocycles. The lowest BCUT2D eigenvalue weighted by Gasteiger charge is -2.37. The highest BCUT2D eigenvalue weighted by Gasteiger charge is 2.28. The van der Waals surface area contributed by atoms with E-state index in [4.69, 9.17) is 0 Å². The summed E-state index contributed by atoms with van der Waals surface area (Å²) in [4.78, 5) is 30.7. The number of piperidine rings is 2. The lowest BCUT2D eigenvalue weighted by Crippen LogP contribution is -2.46. The number of carbonyl (C=O) groups excluding carboxylic acids is 2. The highest BCUT2D eigenvalue weighted by Crippen LogP contribution is 2.28. The van der Waals surface area contributed by atoms with Gasteiger partial charge in [-0.05, 0) is 62.6 Å². The second-order valence-electron chi connectivity index (χ2n) is 8.07. The van der Waals surface area contributed by atoms with E-state index in [9.17, 15) is 9.59 Å². The lowest BCUT2D eigenvalue weighted by molar-refractivity contribution is 0.0636. The topological polar surface area (TPSA) is 52.7 Å². The summed E-state index contributed by atoms with van der Waals surface area (Å²) in [5, 5.41) is 5.08. The molecule has 2 fully saturated rings. The van der Waals surface area contributed by atoms with Gasteiger partial charge in [0.2, 0.25) is 0 Å². The maximum atomic E-state index is 13.3. The van der Waals surface area contributed by atoms with E-state index in [0.29, 0.717) is 6.04 Å². The molecule has 0 bridgehead atoms. The molecule has 154 valence electrons. The fourth-order valence-corrected chi connectivity index (χ4v) is 5.04. The van der Waals surface area contributed by atoms with Gasteiger partial charge in [-0.3, -0.25) is 9.59 Å². The Balaban J connectivity index is 1.41. The van der Waals surface area contributed by atoms with Crippen molar-refractivity contribution >= 4 is 28.8 Å². The van der Waals surface area contributed by atoms with Crippen molar-refractivity contribution in [3.05, 3.63) is 52.2 Å². The third kappa shape index (κ3) is 4.47. The third-order valence-corrected chi connectivity index (χ3v) is 6.98. The largest absolute Gasteiger partial charge is 0.371 e. The second-order valence-corrected chi connectivity index (χ2v) is 9.02. The van der Waals surface area contributed by atoms with E-state index in [0.717, 1.165) is 61.4 Å². The van der Waals surface area contributed by atoms with Crippen LogP contribution in [0.3, 0.4) is 0 Å². The number of para-hydroxylation sites is 1. The van der Waals surface area contributed by atoms with Crippen molar-refractivity contribution in [1.82, 2.24) is 10.2 Å². The van der Waals surface area contributed by atoms with Crippen LogP contribution < -0.4 is 10.2 Å². The molecular weight excluding hydrogens is 382 g/mol. The van der Waals surface area contributed by atoms with Gasteiger partial charge < -0.3 is 15.1 Å². The van der Waals surface area contributed by atoms with Crippen molar-refractivity contribution in [2.45, 2.75) is 51.1 Å². The Labute approximate surface area is 176 Å². The number of amides is 2. The van der Waals surface area contributed by atoms with Crippen molar-refractivity contribution in [2.24, 2.45) is 0 Å². The zero-order valence-electron chi connectivity index (χ0n) is 17.0. The van der Waals surface area contributed by atoms with Crippen LogP contribution in [0.1, 0.15) is 59.1 Å². The van der Waals surface area contributed by atoms with E-state index in [1.54, 1.807) is 0 Å². The number of anilines is 1. The smallest absolute Gasteiger partial charge is 0.261 e. The monoisotopic (exact) mass is 411 g/mol. The minimum Gasteiger partial charge on any atom is -0.371 e. The number of thiophene rings is 1. The minimum atomic E-state index is 0.0214. The Morgan fingerprint density at radius 2 is 1.79 bits per heavy atom. The molecule has 2 aliphatic heterocycles. The van der Waals surface area contributed by atoms with E-state index in [1.165, 1.54) is 17.8 Å². The molecule has 4 rings (SSSR count). The highest BCUT2D eigenvalue weighted by molar-refractivity contribution is 7.12. The summed E-state index contributed by atoms with van der Waals surface area (Å²) < 4.78 is 0. The molecule has 1 N–H and O–H groups in total. The molecule has 1 aromatic heterocycles. The molecule has 2 aliphatic rings. The number of rotatable bonds is 4. The molecule has 1 atom stereocenters. The first-order chi connectivity index (χ1) is 14.1. The fourth-order valence-electron chi connectivity index (χ4n) is 4.41. The van der Waals surface area contributed by atoms with Crippen molar-refractivity contribution in [3.8, 4) is 0 Å². The summed E-state index contributed by atoms with van der Waals surface area (Å²) >= 11 is 1.47. The van der Waals surface area contributed by atoms with Gasteiger partial charge in [0.1, 0.15) is 0 Å². The molecule has 0 radical (unpaired) electrons. The molecule has 3 heterocycles. The van der Waals surface area contributed by atoms with Crippen LogP contribution in [0.2, 0.25) is 0 Å². The Bertz CT molecular complexity index is 844. The zero-order chi connectivity index (χ0) is 20.2. The van der Waals surface area contributed by atoms with E-state index < -0.39 is 0 Å². The number of nitrogens with zero attached hydrogens (tertiary/aromatic N) is 2. The Hall–Kier alpha value is -2.34. The number of carbonyl (C=O) groups is 2. The second kappa shape index (κ2) is 8.99. The van der Waals surface area contributed by atoms with Crippen molar-refractivity contribution < 1.29 is 9.59 Å². The van der Waals surface area contributed by atoms with Gasteiger partial charge in [-0.15, -0.1) is 11.3 Å². The standard InChI is InChI=1S/C23H29N3O2S/c1-17-7-4-5-13-26(17)23(28)19-8-2-3-9-20(19)25-14-11-18(12-15-25)24-22(27)21-10-6-16-29-21/h2-3,6,8-10,16-18H,4-5,7,11-15H2,1H3,(H,24,27)/t17-/m0/s1. The van der Waals surface area contributed by atoms with Crippen LogP contribution in [-0.2, 0) is 0 Å². The zero-order valence-corrected chi connectivity index (χ0v) is 17.8. The molecule has 0 saturated carbocycles. The summed E-state index contributed by atoms with van der Waals surface area (Å²) in [6.07, 6.45) is 5.16. The fraction of sp³-hybridized carbons (Fsp3) is 0.478. The Morgan fingerprint density at radius 3 is 2.52 bits per heavy atom. The van der Waals surface area contributed by atoms with Gasteiger partial charge >= 0.3 is 0 Å². The van der Waals surface area contributed by atoms with Crippen LogP contribution in [0.5, 0.6) is 0 Å². The molecule has 2 amide bonds. The highest BCUT2D eigenvalue weighted by atomic mass is 32.1. The van der Waals surface area contributed by atoms with Crippen molar-refractivity contribution in [1.29, 1.82) is 0 Å². The van der Waals surface area contributed by atoms with Gasteiger partial charge in [-0.25, -0.2) is 0 Å².